The number of carbonyl (C=O) groups excluding carboxylic acids is 1. The normalized spacial score (nSPS) is 12.6. The highest BCUT2D eigenvalue weighted by atomic mass is 16.1. The van der Waals surface area contributed by atoms with E-state index in [1.807, 2.05) is 26.0 Å². The molecule has 0 heterocycles. The van der Waals surface area contributed by atoms with Crippen molar-refractivity contribution in [3.05, 3.63) is 11.3 Å². The molecule has 0 aromatic carbocycles. The first-order valence-corrected chi connectivity index (χ1v) is 7.13. The average Bonchev–Trinajstić information content (AvgIpc) is 2.26. The molecular weight excluding hydrogens is 224 g/mol. The van der Waals surface area contributed by atoms with Crippen molar-refractivity contribution in [3.8, 4) is 0 Å². The van der Waals surface area contributed by atoms with Crippen LogP contribution in [0.25, 0.3) is 0 Å². The molecule has 0 aromatic rings. The number of nitrogens with one attached hydrogen (secondary N) is 1. The maximum atomic E-state index is 11.6. The minimum Gasteiger partial charge on any atom is -0.323 e. The monoisotopic (exact) mass is 254 g/mol. The van der Waals surface area contributed by atoms with Gasteiger partial charge in [0.25, 0.3) is 0 Å². The first-order chi connectivity index (χ1) is 8.49. The van der Waals surface area contributed by atoms with Crippen molar-refractivity contribution in [1.29, 1.82) is 0 Å². The number of allylic oxidation sites excluding steroid dienone is 2. The van der Waals surface area contributed by atoms with Crippen LogP contribution in [0, 0.1) is 0 Å². The van der Waals surface area contributed by atoms with Crippen LogP contribution in [0.5, 0.6) is 0 Å². The summed E-state index contributed by atoms with van der Waals surface area (Å²) in [7, 11) is 3.87. The number of hydrogen-bond donors (Lipinski definition) is 1. The first kappa shape index (κ1) is 17.2. The summed E-state index contributed by atoms with van der Waals surface area (Å²) < 4.78 is 0. The quantitative estimate of drug-likeness (QED) is 0.367. The molecular formula is C15H30N2O. The lowest BCUT2D eigenvalue weighted by Crippen LogP contribution is -2.30. The fraction of sp³-hybridized carbons (Fsp3) is 0.800. The molecule has 3 nitrogen and oxygen atoms in total. The van der Waals surface area contributed by atoms with Gasteiger partial charge in [0.1, 0.15) is 0 Å². The standard InChI is InChI=1S/C15H30N2O/c1-6-7-8-9-10-11-12-15(14(3)18)13(2)16-17(4)5/h16H,6-12H2,1-5H3. The Hall–Kier alpha value is -0.830. The maximum Gasteiger partial charge on any atom is 0.157 e. The Morgan fingerprint density at radius 2 is 1.56 bits per heavy atom. The summed E-state index contributed by atoms with van der Waals surface area (Å²) in [6.07, 6.45) is 8.47. The summed E-state index contributed by atoms with van der Waals surface area (Å²) in [5.41, 5.74) is 5.11. The second kappa shape index (κ2) is 10.1. The molecule has 0 bridgehead atoms. The van der Waals surface area contributed by atoms with Gasteiger partial charge in [-0.05, 0) is 26.7 Å². The summed E-state index contributed by atoms with van der Waals surface area (Å²) in [4.78, 5) is 11.6. The molecule has 0 radical (unpaired) electrons. The Morgan fingerprint density at radius 1 is 1.00 bits per heavy atom. The van der Waals surface area contributed by atoms with Crippen molar-refractivity contribution in [3.63, 3.8) is 0 Å². The predicted molar refractivity (Wildman–Crippen MR) is 78.2 cm³/mol. The molecule has 106 valence electrons. The third-order valence-corrected chi connectivity index (χ3v) is 3.05. The number of carbonyl (C=O) groups is 1. The van der Waals surface area contributed by atoms with Gasteiger partial charge in [-0.3, -0.25) is 4.79 Å². The number of hydrazine groups is 1. The summed E-state index contributed by atoms with van der Waals surface area (Å²) in [5.74, 6) is 0.190. The summed E-state index contributed by atoms with van der Waals surface area (Å²) in [5, 5.41) is 1.87. The van der Waals surface area contributed by atoms with Crippen molar-refractivity contribution in [2.24, 2.45) is 0 Å². The molecule has 1 N–H and O–H groups in total. The van der Waals surface area contributed by atoms with E-state index in [4.69, 9.17) is 0 Å². The summed E-state index contributed by atoms with van der Waals surface area (Å²) >= 11 is 0. The van der Waals surface area contributed by atoms with Crippen molar-refractivity contribution in [2.75, 3.05) is 14.1 Å². The molecule has 0 rings (SSSR count). The summed E-state index contributed by atoms with van der Waals surface area (Å²) in [6.45, 7) is 5.87. The van der Waals surface area contributed by atoms with Crippen LogP contribution in [0.4, 0.5) is 0 Å². The van der Waals surface area contributed by atoms with E-state index in [1.54, 1.807) is 6.92 Å². The van der Waals surface area contributed by atoms with E-state index in [9.17, 15) is 4.79 Å². The van der Waals surface area contributed by atoms with Crippen LogP contribution in [-0.2, 0) is 4.79 Å². The minimum absolute atomic E-state index is 0.190. The Kier molecular flexibility index (Phi) is 9.66. The van der Waals surface area contributed by atoms with Gasteiger partial charge in [-0.25, -0.2) is 5.01 Å². The zero-order valence-corrected chi connectivity index (χ0v) is 12.8. The highest BCUT2D eigenvalue weighted by Gasteiger charge is 2.08. The van der Waals surface area contributed by atoms with E-state index in [-0.39, 0.29) is 5.78 Å². The number of hydrogen-bond acceptors (Lipinski definition) is 3. The molecule has 3 heteroatoms. The van der Waals surface area contributed by atoms with Gasteiger partial charge < -0.3 is 5.43 Å². The first-order valence-electron chi connectivity index (χ1n) is 7.13. The van der Waals surface area contributed by atoms with E-state index in [2.05, 4.69) is 12.3 Å². The third kappa shape index (κ3) is 8.29. The zero-order valence-electron chi connectivity index (χ0n) is 12.8. The van der Waals surface area contributed by atoms with Crippen LogP contribution in [0.1, 0.15) is 65.7 Å². The lowest BCUT2D eigenvalue weighted by Gasteiger charge is -2.17. The molecule has 0 atom stereocenters. The molecule has 0 fully saturated rings. The van der Waals surface area contributed by atoms with Gasteiger partial charge in [0, 0.05) is 25.4 Å². The fourth-order valence-corrected chi connectivity index (χ4v) is 2.11. The van der Waals surface area contributed by atoms with Crippen molar-refractivity contribution >= 4 is 5.78 Å². The second-order valence-electron chi connectivity index (χ2n) is 5.18. The fourth-order valence-electron chi connectivity index (χ4n) is 2.11. The number of Topliss-reactive ketones (excluding diaryl/α,β-unsaturated/α-hetero) is 1. The molecule has 0 spiro atoms. The largest absolute Gasteiger partial charge is 0.323 e. The Morgan fingerprint density at radius 3 is 2.06 bits per heavy atom. The van der Waals surface area contributed by atoms with Gasteiger partial charge in [-0.1, -0.05) is 39.0 Å². The average molecular weight is 254 g/mol. The Labute approximate surface area is 113 Å². The maximum absolute atomic E-state index is 11.6. The zero-order chi connectivity index (χ0) is 14.0. The molecule has 0 aliphatic heterocycles. The van der Waals surface area contributed by atoms with Crippen LogP contribution in [0.15, 0.2) is 11.3 Å². The van der Waals surface area contributed by atoms with Gasteiger partial charge in [0.15, 0.2) is 5.78 Å². The van der Waals surface area contributed by atoms with Gasteiger partial charge in [0.05, 0.1) is 0 Å². The van der Waals surface area contributed by atoms with Crippen molar-refractivity contribution < 1.29 is 4.79 Å². The van der Waals surface area contributed by atoms with Gasteiger partial charge in [0.2, 0.25) is 0 Å². The van der Waals surface area contributed by atoms with E-state index in [0.29, 0.717) is 0 Å². The lowest BCUT2D eigenvalue weighted by molar-refractivity contribution is -0.113. The highest BCUT2D eigenvalue weighted by molar-refractivity contribution is 5.93. The third-order valence-electron chi connectivity index (χ3n) is 3.05. The molecule has 0 amide bonds. The molecule has 0 saturated heterocycles. The Balaban J connectivity index is 4.09. The predicted octanol–water partition coefficient (Wildman–Crippen LogP) is 3.67. The van der Waals surface area contributed by atoms with Gasteiger partial charge in [-0.2, -0.15) is 0 Å². The second-order valence-corrected chi connectivity index (χ2v) is 5.18. The molecule has 0 aliphatic rings. The minimum atomic E-state index is 0.190. The number of ketones is 1. The Bertz CT molecular complexity index is 270. The number of unbranched alkanes of at least 4 members (excludes halogenated alkanes) is 5. The van der Waals surface area contributed by atoms with Crippen LogP contribution in [-0.4, -0.2) is 24.9 Å². The topological polar surface area (TPSA) is 32.3 Å². The van der Waals surface area contributed by atoms with Crippen LogP contribution >= 0.6 is 0 Å². The highest BCUT2D eigenvalue weighted by Crippen LogP contribution is 2.15. The van der Waals surface area contributed by atoms with Crippen molar-refractivity contribution in [2.45, 2.75) is 65.7 Å². The van der Waals surface area contributed by atoms with Gasteiger partial charge in [-0.15, -0.1) is 0 Å². The molecule has 0 aromatic heterocycles. The lowest BCUT2D eigenvalue weighted by atomic mass is 10.0. The van der Waals surface area contributed by atoms with E-state index >= 15 is 0 Å². The molecule has 18 heavy (non-hydrogen) atoms. The van der Waals surface area contributed by atoms with Crippen LogP contribution in [0.3, 0.4) is 0 Å². The van der Waals surface area contributed by atoms with E-state index < -0.39 is 0 Å². The number of nitrogens with zero attached hydrogens (tertiary/aromatic N) is 1. The molecule has 0 saturated carbocycles. The van der Waals surface area contributed by atoms with E-state index in [1.165, 1.54) is 32.1 Å². The van der Waals surface area contributed by atoms with E-state index in [0.717, 1.165) is 24.1 Å². The smallest absolute Gasteiger partial charge is 0.157 e. The van der Waals surface area contributed by atoms with Crippen molar-refractivity contribution in [1.82, 2.24) is 10.4 Å². The van der Waals surface area contributed by atoms with Gasteiger partial charge >= 0.3 is 0 Å². The summed E-state index contributed by atoms with van der Waals surface area (Å²) in [6, 6.07) is 0. The SMILES string of the molecule is CCCCCCCCC(C(C)=O)=C(C)NN(C)C. The number of rotatable bonds is 10. The molecule has 0 aliphatic carbocycles. The van der Waals surface area contributed by atoms with Crippen LogP contribution < -0.4 is 5.43 Å². The molecule has 0 unspecified atom stereocenters. The van der Waals surface area contributed by atoms with Crippen LogP contribution in [0.2, 0.25) is 0 Å².